The van der Waals surface area contributed by atoms with Gasteiger partial charge in [0.15, 0.2) is 0 Å². The normalized spacial score (nSPS) is 11.9. The van der Waals surface area contributed by atoms with Crippen LogP contribution in [0.5, 0.6) is 0 Å². The van der Waals surface area contributed by atoms with Gasteiger partial charge in [-0.3, -0.25) is 0 Å². The zero-order valence-electron chi connectivity index (χ0n) is 26.8. The molecule has 2 heteroatoms. The van der Waals surface area contributed by atoms with Crippen LogP contribution < -0.4 is 5.32 Å². The Hall–Kier alpha value is -6.12. The Labute approximate surface area is 280 Å². The van der Waals surface area contributed by atoms with E-state index in [-0.39, 0.29) is 0 Å². The fourth-order valence-electron chi connectivity index (χ4n) is 7.49. The number of hydrogen-bond acceptors (Lipinski definition) is 1. The van der Waals surface area contributed by atoms with Crippen LogP contribution in [0.15, 0.2) is 170 Å². The summed E-state index contributed by atoms with van der Waals surface area (Å²) in [5.41, 5.74) is 9.89. The molecule has 48 heavy (non-hydrogen) atoms. The molecule has 1 aromatic heterocycles. The lowest BCUT2D eigenvalue weighted by Crippen LogP contribution is -1.95. The number of benzene rings is 8. The minimum Gasteiger partial charge on any atom is -0.394 e. The fourth-order valence-corrected chi connectivity index (χ4v) is 7.49. The summed E-state index contributed by atoms with van der Waals surface area (Å²) in [4.78, 5) is 0. The van der Waals surface area contributed by atoms with E-state index >= 15 is 0 Å². The highest BCUT2D eigenvalue weighted by molar-refractivity contribution is 6.19. The van der Waals surface area contributed by atoms with Crippen molar-refractivity contribution in [2.24, 2.45) is 0 Å². The SMILES string of the molecule is CN/C=C\Cc1ccc(-c2ccc3c4ccc5cc(-c6ccc7ccccc7c6)ccc5c4n(-c4ccccc4)c3c2)c2ccccc12. The number of para-hydroxylation sites is 1. The molecular formula is C46H34N2. The Balaban J connectivity index is 1.25. The maximum Gasteiger partial charge on any atom is 0.0619 e. The third kappa shape index (κ3) is 4.65. The summed E-state index contributed by atoms with van der Waals surface area (Å²) in [6.45, 7) is 0. The molecule has 0 aliphatic heterocycles. The molecule has 9 rings (SSSR count). The number of nitrogens with zero attached hydrogens (tertiary/aromatic N) is 1. The molecule has 0 aliphatic rings. The molecule has 0 radical (unpaired) electrons. The average molecular weight is 615 g/mol. The molecule has 1 heterocycles. The number of nitrogens with one attached hydrogen (secondary N) is 1. The standard InChI is InChI=1S/C46H34N2/c1-47-27-9-12-32-19-23-40(42-16-8-7-15-39(32)42)37-21-25-43-44-26-22-36-29-35(34-18-17-31-10-5-6-11-33(31)28-34)20-24-41(36)46(44)48(45(43)30-37)38-13-3-2-4-14-38/h2-11,13-30,47H,12H2,1H3/b27-9-. The van der Waals surface area contributed by atoms with Crippen molar-refractivity contribution in [2.75, 3.05) is 7.05 Å². The smallest absolute Gasteiger partial charge is 0.0619 e. The van der Waals surface area contributed by atoms with E-state index in [2.05, 4.69) is 174 Å². The van der Waals surface area contributed by atoms with E-state index < -0.39 is 0 Å². The summed E-state index contributed by atoms with van der Waals surface area (Å²) < 4.78 is 2.46. The van der Waals surface area contributed by atoms with Crippen LogP contribution in [0.25, 0.3) is 82.1 Å². The monoisotopic (exact) mass is 614 g/mol. The lowest BCUT2D eigenvalue weighted by molar-refractivity contribution is 1.08. The third-order valence-corrected chi connectivity index (χ3v) is 9.79. The first-order valence-electron chi connectivity index (χ1n) is 16.7. The summed E-state index contributed by atoms with van der Waals surface area (Å²) >= 11 is 0. The second-order valence-corrected chi connectivity index (χ2v) is 12.6. The van der Waals surface area contributed by atoms with Gasteiger partial charge in [0.25, 0.3) is 0 Å². The maximum atomic E-state index is 3.11. The van der Waals surface area contributed by atoms with Crippen LogP contribution in [-0.2, 0) is 6.42 Å². The number of hydrogen-bond donors (Lipinski definition) is 1. The molecule has 1 N–H and O–H groups in total. The predicted molar refractivity (Wildman–Crippen MR) is 206 cm³/mol. The molecule has 0 bridgehead atoms. The first-order chi connectivity index (χ1) is 23.8. The van der Waals surface area contributed by atoms with Gasteiger partial charge in [0.05, 0.1) is 11.0 Å². The summed E-state index contributed by atoms with van der Waals surface area (Å²) in [5, 5.41) is 13.2. The first kappa shape index (κ1) is 28.1. The predicted octanol–water partition coefficient (Wildman–Crippen LogP) is 11.9. The summed E-state index contributed by atoms with van der Waals surface area (Å²) in [6, 6.07) is 58.1. The molecule has 228 valence electrons. The minimum absolute atomic E-state index is 0.887. The number of fused-ring (bicyclic) bond motifs is 7. The summed E-state index contributed by atoms with van der Waals surface area (Å²) in [6.07, 6.45) is 5.08. The Bertz CT molecular complexity index is 2680. The van der Waals surface area contributed by atoms with Gasteiger partial charge in [-0.2, -0.15) is 0 Å². The van der Waals surface area contributed by atoms with Gasteiger partial charge in [-0.25, -0.2) is 0 Å². The Morgan fingerprint density at radius 3 is 2.02 bits per heavy atom. The van der Waals surface area contributed by atoms with Gasteiger partial charge < -0.3 is 9.88 Å². The largest absolute Gasteiger partial charge is 0.394 e. The second kappa shape index (κ2) is 11.6. The molecule has 9 aromatic rings. The van der Waals surface area contributed by atoms with Crippen molar-refractivity contribution in [1.29, 1.82) is 0 Å². The van der Waals surface area contributed by atoms with Crippen LogP contribution in [-0.4, -0.2) is 11.6 Å². The van der Waals surface area contributed by atoms with Crippen molar-refractivity contribution in [3.05, 3.63) is 176 Å². The van der Waals surface area contributed by atoms with Gasteiger partial charge in [0.1, 0.15) is 0 Å². The molecule has 0 amide bonds. The molecule has 2 nitrogen and oxygen atoms in total. The molecule has 0 atom stereocenters. The third-order valence-electron chi connectivity index (χ3n) is 9.79. The van der Waals surface area contributed by atoms with Crippen LogP contribution >= 0.6 is 0 Å². The highest BCUT2D eigenvalue weighted by atomic mass is 15.0. The van der Waals surface area contributed by atoms with Gasteiger partial charge in [0, 0.05) is 28.9 Å². The van der Waals surface area contributed by atoms with Crippen molar-refractivity contribution in [3.8, 4) is 27.9 Å². The molecule has 0 unspecified atom stereocenters. The van der Waals surface area contributed by atoms with Crippen molar-refractivity contribution in [2.45, 2.75) is 6.42 Å². The quantitative estimate of drug-likeness (QED) is 0.197. The number of aromatic nitrogens is 1. The van der Waals surface area contributed by atoms with Gasteiger partial charge in [0.2, 0.25) is 0 Å². The van der Waals surface area contributed by atoms with Crippen molar-refractivity contribution >= 4 is 54.1 Å². The molecule has 0 fully saturated rings. The lowest BCUT2D eigenvalue weighted by Gasteiger charge is -2.13. The molecular weight excluding hydrogens is 581 g/mol. The van der Waals surface area contributed by atoms with Gasteiger partial charge in [-0.15, -0.1) is 0 Å². The first-order valence-corrected chi connectivity index (χ1v) is 16.7. The number of allylic oxidation sites excluding steroid dienone is 1. The van der Waals surface area contributed by atoms with Gasteiger partial charge in [-0.1, -0.05) is 133 Å². The fraction of sp³-hybridized carbons (Fsp3) is 0.0435. The van der Waals surface area contributed by atoms with Crippen LogP contribution in [0.2, 0.25) is 0 Å². The zero-order valence-corrected chi connectivity index (χ0v) is 26.8. The summed E-state index contributed by atoms with van der Waals surface area (Å²) in [7, 11) is 1.94. The van der Waals surface area contributed by atoms with E-state index in [1.807, 2.05) is 13.2 Å². The Morgan fingerprint density at radius 2 is 1.17 bits per heavy atom. The number of rotatable bonds is 6. The van der Waals surface area contributed by atoms with Crippen LogP contribution in [0.4, 0.5) is 0 Å². The molecule has 0 aliphatic carbocycles. The Morgan fingerprint density at radius 1 is 0.500 bits per heavy atom. The van der Waals surface area contributed by atoms with Crippen LogP contribution in [0.1, 0.15) is 5.56 Å². The molecule has 0 saturated heterocycles. The molecule has 8 aromatic carbocycles. The highest BCUT2D eigenvalue weighted by Crippen LogP contribution is 2.40. The van der Waals surface area contributed by atoms with E-state index in [9.17, 15) is 0 Å². The average Bonchev–Trinajstić information content (AvgIpc) is 3.49. The van der Waals surface area contributed by atoms with Gasteiger partial charge >= 0.3 is 0 Å². The van der Waals surface area contributed by atoms with E-state index in [1.54, 1.807) is 0 Å². The van der Waals surface area contributed by atoms with Gasteiger partial charge in [-0.05, 0) is 97.7 Å². The minimum atomic E-state index is 0.887. The Kier molecular flexibility index (Phi) is 6.80. The molecule has 0 spiro atoms. The van der Waals surface area contributed by atoms with E-state index in [0.29, 0.717) is 0 Å². The topological polar surface area (TPSA) is 17.0 Å². The van der Waals surface area contributed by atoms with E-state index in [0.717, 1.165) is 12.1 Å². The second-order valence-electron chi connectivity index (χ2n) is 12.6. The zero-order chi connectivity index (χ0) is 32.0. The molecule has 0 saturated carbocycles. The van der Waals surface area contributed by atoms with Crippen LogP contribution in [0.3, 0.4) is 0 Å². The maximum absolute atomic E-state index is 3.11. The van der Waals surface area contributed by atoms with E-state index in [1.165, 1.54) is 81.9 Å². The van der Waals surface area contributed by atoms with Crippen molar-refractivity contribution < 1.29 is 0 Å². The van der Waals surface area contributed by atoms with Crippen molar-refractivity contribution in [3.63, 3.8) is 0 Å². The highest BCUT2D eigenvalue weighted by Gasteiger charge is 2.17. The van der Waals surface area contributed by atoms with Crippen LogP contribution in [0, 0.1) is 0 Å². The summed E-state index contributed by atoms with van der Waals surface area (Å²) in [5.74, 6) is 0. The van der Waals surface area contributed by atoms with Crippen molar-refractivity contribution in [1.82, 2.24) is 9.88 Å². The van der Waals surface area contributed by atoms with E-state index in [4.69, 9.17) is 0 Å². The lowest BCUT2D eigenvalue weighted by atomic mass is 9.93.